The molecule has 5 heteroatoms. The van der Waals surface area contributed by atoms with Gasteiger partial charge in [0.15, 0.2) is 4.80 Å². The minimum Gasteiger partial charge on any atom is -0.494 e. The van der Waals surface area contributed by atoms with Gasteiger partial charge in [-0.1, -0.05) is 29.8 Å². The Kier molecular flexibility index (Phi) is 6.53. The molecule has 0 atom stereocenters. The molecule has 1 aromatic heterocycles. The second-order valence-electron chi connectivity index (χ2n) is 7.07. The molecule has 31 heavy (non-hydrogen) atoms. The lowest BCUT2D eigenvalue weighted by Crippen LogP contribution is -2.13. The summed E-state index contributed by atoms with van der Waals surface area (Å²) < 4.78 is 13.4. The van der Waals surface area contributed by atoms with E-state index in [2.05, 4.69) is 53.3 Å². The highest BCUT2D eigenvalue weighted by atomic mass is 32.1. The number of thiazole rings is 1. The Morgan fingerprint density at radius 1 is 0.774 bits per heavy atom. The van der Waals surface area contributed by atoms with Crippen LogP contribution in [-0.2, 0) is 0 Å². The summed E-state index contributed by atoms with van der Waals surface area (Å²) in [6, 6.07) is 24.6. The molecule has 0 spiro atoms. The average molecular weight is 431 g/mol. The first-order valence-electron chi connectivity index (χ1n) is 10.5. The van der Waals surface area contributed by atoms with Crippen molar-refractivity contribution in [2.45, 2.75) is 20.8 Å². The summed E-state index contributed by atoms with van der Waals surface area (Å²) in [7, 11) is 0. The third-order valence-electron chi connectivity index (χ3n) is 4.83. The normalized spacial score (nSPS) is 11.5. The van der Waals surface area contributed by atoms with Crippen LogP contribution in [0.25, 0.3) is 16.9 Å². The summed E-state index contributed by atoms with van der Waals surface area (Å²) in [5, 5.41) is 2.16. The van der Waals surface area contributed by atoms with Crippen LogP contribution in [0.1, 0.15) is 19.4 Å². The SMILES string of the molecule is CCOc1ccc(N=c2scc(-c3ccc(C)cc3)n2-c2ccc(OCC)cc2)cc1. The summed E-state index contributed by atoms with van der Waals surface area (Å²) in [4.78, 5) is 5.84. The molecule has 0 unspecified atom stereocenters. The maximum atomic E-state index is 5.62. The summed E-state index contributed by atoms with van der Waals surface area (Å²) in [5.74, 6) is 1.72. The van der Waals surface area contributed by atoms with Gasteiger partial charge in [0.1, 0.15) is 11.5 Å². The lowest BCUT2D eigenvalue weighted by molar-refractivity contribution is 0.340. The molecule has 0 fully saturated rings. The maximum absolute atomic E-state index is 5.62. The Labute approximate surface area is 187 Å². The second kappa shape index (κ2) is 9.67. The first-order valence-corrected chi connectivity index (χ1v) is 11.3. The van der Waals surface area contributed by atoms with E-state index in [-0.39, 0.29) is 0 Å². The van der Waals surface area contributed by atoms with Crippen LogP contribution in [0.3, 0.4) is 0 Å². The van der Waals surface area contributed by atoms with Gasteiger partial charge in [0, 0.05) is 11.1 Å². The summed E-state index contributed by atoms with van der Waals surface area (Å²) >= 11 is 1.63. The van der Waals surface area contributed by atoms with Crippen molar-refractivity contribution in [1.82, 2.24) is 4.57 Å². The number of hydrogen-bond acceptors (Lipinski definition) is 4. The fraction of sp³-hybridized carbons (Fsp3) is 0.192. The van der Waals surface area contributed by atoms with Crippen LogP contribution in [0, 0.1) is 6.92 Å². The van der Waals surface area contributed by atoms with Gasteiger partial charge in [-0.3, -0.25) is 4.57 Å². The van der Waals surface area contributed by atoms with Crippen LogP contribution >= 0.6 is 11.3 Å². The van der Waals surface area contributed by atoms with E-state index in [1.807, 2.05) is 50.2 Å². The fourth-order valence-corrected chi connectivity index (χ4v) is 4.24. The fourth-order valence-electron chi connectivity index (χ4n) is 3.32. The smallest absolute Gasteiger partial charge is 0.195 e. The Balaban J connectivity index is 1.82. The standard InChI is InChI=1S/C26H26N2O2S/c1-4-29-23-14-10-21(11-15-23)27-26-28(22-12-16-24(17-13-22)30-5-2)25(18-31-26)20-8-6-19(3)7-9-20/h6-18H,4-5H2,1-3H3. The van der Waals surface area contributed by atoms with Crippen LogP contribution in [0.2, 0.25) is 0 Å². The number of benzene rings is 3. The molecule has 4 nitrogen and oxygen atoms in total. The third kappa shape index (κ3) is 4.89. The van der Waals surface area contributed by atoms with Crippen molar-refractivity contribution in [2.24, 2.45) is 4.99 Å². The molecule has 0 radical (unpaired) electrons. The van der Waals surface area contributed by atoms with E-state index in [0.29, 0.717) is 13.2 Å². The van der Waals surface area contributed by atoms with Crippen molar-refractivity contribution < 1.29 is 9.47 Å². The van der Waals surface area contributed by atoms with Gasteiger partial charge in [-0.2, -0.15) is 0 Å². The lowest BCUT2D eigenvalue weighted by atomic mass is 10.1. The molecular weight excluding hydrogens is 404 g/mol. The quantitative estimate of drug-likeness (QED) is 0.333. The van der Waals surface area contributed by atoms with Gasteiger partial charge in [-0.25, -0.2) is 4.99 Å². The van der Waals surface area contributed by atoms with Gasteiger partial charge in [0.25, 0.3) is 0 Å². The van der Waals surface area contributed by atoms with Crippen molar-refractivity contribution in [3.63, 3.8) is 0 Å². The zero-order chi connectivity index (χ0) is 21.6. The molecule has 0 aliphatic heterocycles. The maximum Gasteiger partial charge on any atom is 0.195 e. The number of ether oxygens (including phenoxy) is 2. The predicted molar refractivity (Wildman–Crippen MR) is 128 cm³/mol. The molecule has 0 amide bonds. The zero-order valence-corrected chi connectivity index (χ0v) is 18.9. The highest BCUT2D eigenvalue weighted by Crippen LogP contribution is 2.26. The average Bonchev–Trinajstić information content (AvgIpc) is 3.20. The van der Waals surface area contributed by atoms with Gasteiger partial charge in [-0.15, -0.1) is 11.3 Å². The second-order valence-corrected chi connectivity index (χ2v) is 7.91. The molecule has 0 saturated heterocycles. The Hall–Kier alpha value is -3.31. The third-order valence-corrected chi connectivity index (χ3v) is 5.66. The number of aryl methyl sites for hydroxylation is 1. The van der Waals surface area contributed by atoms with E-state index in [9.17, 15) is 0 Å². The predicted octanol–water partition coefficient (Wildman–Crippen LogP) is 6.54. The van der Waals surface area contributed by atoms with Crippen LogP contribution in [-0.4, -0.2) is 17.8 Å². The van der Waals surface area contributed by atoms with Gasteiger partial charge in [0.2, 0.25) is 0 Å². The van der Waals surface area contributed by atoms with Gasteiger partial charge < -0.3 is 9.47 Å². The molecular formula is C26H26N2O2S. The van der Waals surface area contributed by atoms with Crippen molar-refractivity contribution in [3.8, 4) is 28.4 Å². The van der Waals surface area contributed by atoms with Crippen molar-refractivity contribution >= 4 is 17.0 Å². The van der Waals surface area contributed by atoms with E-state index in [1.165, 1.54) is 5.56 Å². The largest absolute Gasteiger partial charge is 0.494 e. The van der Waals surface area contributed by atoms with Crippen molar-refractivity contribution in [3.05, 3.63) is 88.5 Å². The van der Waals surface area contributed by atoms with E-state index in [4.69, 9.17) is 14.5 Å². The molecule has 4 rings (SSSR count). The molecule has 158 valence electrons. The van der Waals surface area contributed by atoms with Crippen LogP contribution in [0.15, 0.2) is 83.2 Å². The van der Waals surface area contributed by atoms with Gasteiger partial charge in [-0.05, 0) is 74.9 Å². The minimum absolute atomic E-state index is 0.651. The first kappa shape index (κ1) is 20.9. The molecule has 1 heterocycles. The van der Waals surface area contributed by atoms with E-state index >= 15 is 0 Å². The summed E-state index contributed by atoms with van der Waals surface area (Å²) in [5.41, 5.74) is 5.44. The topological polar surface area (TPSA) is 35.8 Å². The molecule has 0 aliphatic rings. The summed E-state index contributed by atoms with van der Waals surface area (Å²) in [6.45, 7) is 7.38. The highest BCUT2D eigenvalue weighted by Gasteiger charge is 2.11. The van der Waals surface area contributed by atoms with Crippen molar-refractivity contribution in [2.75, 3.05) is 13.2 Å². The molecule has 4 aromatic rings. The number of hydrogen-bond donors (Lipinski definition) is 0. The number of nitrogens with zero attached hydrogens (tertiary/aromatic N) is 2. The van der Waals surface area contributed by atoms with Gasteiger partial charge in [0.05, 0.1) is 24.6 Å². The molecule has 0 N–H and O–H groups in total. The van der Waals surface area contributed by atoms with E-state index in [1.54, 1.807) is 11.3 Å². The monoisotopic (exact) mass is 430 g/mol. The van der Waals surface area contributed by atoms with Crippen molar-refractivity contribution in [1.29, 1.82) is 0 Å². The number of aromatic nitrogens is 1. The Morgan fingerprint density at radius 2 is 1.35 bits per heavy atom. The Morgan fingerprint density at radius 3 is 1.94 bits per heavy atom. The van der Waals surface area contributed by atoms with Crippen LogP contribution in [0.4, 0.5) is 5.69 Å². The zero-order valence-electron chi connectivity index (χ0n) is 18.0. The van der Waals surface area contributed by atoms with Gasteiger partial charge >= 0.3 is 0 Å². The first-order chi connectivity index (χ1) is 15.2. The molecule has 3 aromatic carbocycles. The van der Waals surface area contributed by atoms with Crippen LogP contribution in [0.5, 0.6) is 11.5 Å². The highest BCUT2D eigenvalue weighted by molar-refractivity contribution is 7.07. The van der Waals surface area contributed by atoms with E-state index < -0.39 is 0 Å². The van der Waals surface area contributed by atoms with Crippen LogP contribution < -0.4 is 14.3 Å². The molecule has 0 saturated carbocycles. The minimum atomic E-state index is 0.651. The molecule has 0 aliphatic carbocycles. The van der Waals surface area contributed by atoms with E-state index in [0.717, 1.165) is 38.9 Å². The lowest BCUT2D eigenvalue weighted by Gasteiger charge is -2.11. The summed E-state index contributed by atoms with van der Waals surface area (Å²) in [6.07, 6.45) is 0. The Bertz CT molecular complexity index is 1190. The number of rotatable bonds is 7. The molecule has 0 bridgehead atoms.